The molecule has 0 heterocycles. The molecule has 0 aromatic heterocycles. The molecule has 0 bridgehead atoms. The molecule has 0 saturated heterocycles. The number of methoxy groups -OCH3 is 2. The molecule has 0 radical (unpaired) electrons. The fraction of sp³-hybridized carbons (Fsp3) is 0.833. The largest absolute Gasteiger partial charge is 0.385 e. The molecule has 2 heteroatoms. The Labute approximate surface area is 87.3 Å². The lowest BCUT2D eigenvalue weighted by Gasteiger charge is -2.23. The first-order valence-corrected chi connectivity index (χ1v) is 5.53. The summed E-state index contributed by atoms with van der Waals surface area (Å²) in [6.45, 7) is 0.807. The minimum absolute atomic E-state index is 0.381. The van der Waals surface area contributed by atoms with E-state index in [-0.39, 0.29) is 0 Å². The van der Waals surface area contributed by atoms with Crippen LogP contribution in [0.15, 0.2) is 12.2 Å². The van der Waals surface area contributed by atoms with Crippen LogP contribution in [0.2, 0.25) is 0 Å². The van der Waals surface area contributed by atoms with Crippen molar-refractivity contribution in [2.45, 2.75) is 38.2 Å². The first-order valence-electron chi connectivity index (χ1n) is 5.53. The summed E-state index contributed by atoms with van der Waals surface area (Å²) in [5, 5.41) is 0. The third-order valence-electron chi connectivity index (χ3n) is 2.95. The maximum absolute atomic E-state index is 5.45. The van der Waals surface area contributed by atoms with Gasteiger partial charge in [-0.3, -0.25) is 0 Å². The van der Waals surface area contributed by atoms with Crippen molar-refractivity contribution in [3.8, 4) is 0 Å². The van der Waals surface area contributed by atoms with Crippen LogP contribution < -0.4 is 0 Å². The fourth-order valence-corrected chi connectivity index (χ4v) is 2.02. The molecular weight excluding hydrogens is 176 g/mol. The van der Waals surface area contributed by atoms with E-state index in [4.69, 9.17) is 9.47 Å². The van der Waals surface area contributed by atoms with Crippen LogP contribution in [0.5, 0.6) is 0 Å². The molecule has 0 spiro atoms. The van der Waals surface area contributed by atoms with Crippen molar-refractivity contribution in [2.24, 2.45) is 5.92 Å². The van der Waals surface area contributed by atoms with Crippen LogP contribution >= 0.6 is 0 Å². The van der Waals surface area contributed by atoms with Gasteiger partial charge in [-0.2, -0.15) is 0 Å². The van der Waals surface area contributed by atoms with Crippen LogP contribution in [0, 0.1) is 5.92 Å². The number of hydrogen-bond acceptors (Lipinski definition) is 2. The highest BCUT2D eigenvalue weighted by molar-refractivity contribution is 4.90. The normalized spacial score (nSPS) is 23.7. The molecule has 0 aromatic carbocycles. The molecular formula is C12H22O2. The predicted octanol–water partition coefficient (Wildman–Crippen LogP) is 2.78. The highest BCUT2D eigenvalue weighted by Gasteiger charge is 2.16. The Bertz CT molecular complexity index is 166. The summed E-state index contributed by atoms with van der Waals surface area (Å²) in [7, 11) is 3.55. The molecule has 82 valence electrons. The summed E-state index contributed by atoms with van der Waals surface area (Å²) in [5.74, 6) is 0.821. The van der Waals surface area contributed by atoms with Gasteiger partial charge in [0.1, 0.15) is 0 Å². The van der Waals surface area contributed by atoms with Crippen LogP contribution in [0.3, 0.4) is 0 Å². The van der Waals surface area contributed by atoms with E-state index >= 15 is 0 Å². The van der Waals surface area contributed by atoms with Gasteiger partial charge in [0.05, 0.1) is 6.10 Å². The van der Waals surface area contributed by atoms with Gasteiger partial charge in [0.2, 0.25) is 0 Å². The van der Waals surface area contributed by atoms with E-state index < -0.39 is 0 Å². The van der Waals surface area contributed by atoms with Gasteiger partial charge in [0.15, 0.2) is 0 Å². The van der Waals surface area contributed by atoms with Crippen molar-refractivity contribution in [1.29, 1.82) is 0 Å². The second-order valence-electron chi connectivity index (χ2n) is 4.03. The summed E-state index contributed by atoms with van der Waals surface area (Å²) in [4.78, 5) is 0. The zero-order valence-corrected chi connectivity index (χ0v) is 9.37. The number of rotatable bonds is 6. The minimum Gasteiger partial charge on any atom is -0.385 e. The maximum atomic E-state index is 5.45. The molecule has 0 N–H and O–H groups in total. The third-order valence-corrected chi connectivity index (χ3v) is 2.95. The Hall–Kier alpha value is -0.340. The van der Waals surface area contributed by atoms with Gasteiger partial charge in [0.25, 0.3) is 0 Å². The Kier molecular flexibility index (Phi) is 5.88. The fourth-order valence-electron chi connectivity index (χ4n) is 2.02. The lowest BCUT2D eigenvalue weighted by atomic mass is 9.89. The number of ether oxygens (including phenoxy) is 2. The zero-order valence-electron chi connectivity index (χ0n) is 9.37. The van der Waals surface area contributed by atoms with E-state index in [1.165, 1.54) is 25.7 Å². The quantitative estimate of drug-likeness (QED) is 0.611. The Balaban J connectivity index is 2.21. The van der Waals surface area contributed by atoms with Crippen molar-refractivity contribution in [2.75, 3.05) is 20.8 Å². The van der Waals surface area contributed by atoms with E-state index in [9.17, 15) is 0 Å². The molecule has 0 aromatic rings. The molecule has 2 atom stereocenters. The molecule has 0 fully saturated rings. The topological polar surface area (TPSA) is 18.5 Å². The van der Waals surface area contributed by atoms with Crippen LogP contribution in [-0.2, 0) is 9.47 Å². The molecule has 0 saturated carbocycles. The van der Waals surface area contributed by atoms with E-state index in [0.717, 1.165) is 18.9 Å². The molecule has 0 amide bonds. The standard InChI is InChI=1S/C12H22O2/c1-13-9-8-12(14-2)10-11-6-4-3-5-7-11/h3-4,11-12H,5-10H2,1-2H3. The van der Waals surface area contributed by atoms with E-state index in [1.54, 1.807) is 14.2 Å². The Morgan fingerprint density at radius 3 is 2.79 bits per heavy atom. The summed E-state index contributed by atoms with van der Waals surface area (Å²) in [5.41, 5.74) is 0. The molecule has 2 nitrogen and oxygen atoms in total. The number of allylic oxidation sites excluding steroid dienone is 2. The average Bonchev–Trinajstić information content (AvgIpc) is 2.25. The van der Waals surface area contributed by atoms with Crippen molar-refractivity contribution in [3.05, 3.63) is 12.2 Å². The van der Waals surface area contributed by atoms with Gasteiger partial charge in [0, 0.05) is 20.8 Å². The SMILES string of the molecule is COCCC(CC1CC=CCC1)OC. The van der Waals surface area contributed by atoms with Crippen LogP contribution in [0.25, 0.3) is 0 Å². The van der Waals surface area contributed by atoms with Crippen LogP contribution in [0.4, 0.5) is 0 Å². The van der Waals surface area contributed by atoms with Crippen molar-refractivity contribution in [1.82, 2.24) is 0 Å². The molecule has 1 aliphatic rings. The minimum atomic E-state index is 0.381. The van der Waals surface area contributed by atoms with Gasteiger partial charge < -0.3 is 9.47 Å². The summed E-state index contributed by atoms with van der Waals surface area (Å²) < 4.78 is 10.5. The smallest absolute Gasteiger partial charge is 0.0596 e. The lowest BCUT2D eigenvalue weighted by molar-refractivity contribution is 0.0482. The van der Waals surface area contributed by atoms with Crippen molar-refractivity contribution >= 4 is 0 Å². The Morgan fingerprint density at radius 2 is 2.21 bits per heavy atom. The molecule has 1 rings (SSSR count). The molecule has 2 unspecified atom stereocenters. The second kappa shape index (κ2) is 7.02. The predicted molar refractivity (Wildman–Crippen MR) is 58.4 cm³/mol. The molecule has 14 heavy (non-hydrogen) atoms. The molecule has 1 aliphatic carbocycles. The maximum Gasteiger partial charge on any atom is 0.0596 e. The number of hydrogen-bond donors (Lipinski definition) is 0. The monoisotopic (exact) mass is 198 g/mol. The average molecular weight is 198 g/mol. The van der Waals surface area contributed by atoms with E-state index in [1.807, 2.05) is 0 Å². The van der Waals surface area contributed by atoms with Gasteiger partial charge in [-0.25, -0.2) is 0 Å². The highest BCUT2D eigenvalue weighted by Crippen LogP contribution is 2.24. The Morgan fingerprint density at radius 1 is 1.36 bits per heavy atom. The van der Waals surface area contributed by atoms with Gasteiger partial charge in [-0.1, -0.05) is 12.2 Å². The zero-order chi connectivity index (χ0) is 10.2. The summed E-state index contributed by atoms with van der Waals surface area (Å²) >= 11 is 0. The third kappa shape index (κ3) is 4.25. The summed E-state index contributed by atoms with van der Waals surface area (Å²) in [6, 6.07) is 0. The summed E-state index contributed by atoms with van der Waals surface area (Å²) in [6.07, 6.45) is 11.0. The van der Waals surface area contributed by atoms with Gasteiger partial charge >= 0.3 is 0 Å². The van der Waals surface area contributed by atoms with Gasteiger partial charge in [-0.05, 0) is 38.0 Å². The van der Waals surface area contributed by atoms with E-state index in [2.05, 4.69) is 12.2 Å². The van der Waals surface area contributed by atoms with Crippen molar-refractivity contribution < 1.29 is 9.47 Å². The van der Waals surface area contributed by atoms with E-state index in [0.29, 0.717) is 6.10 Å². The highest BCUT2D eigenvalue weighted by atomic mass is 16.5. The molecule has 0 aliphatic heterocycles. The lowest BCUT2D eigenvalue weighted by Crippen LogP contribution is -2.18. The second-order valence-corrected chi connectivity index (χ2v) is 4.03. The first-order chi connectivity index (χ1) is 6.86. The van der Waals surface area contributed by atoms with Crippen LogP contribution in [0.1, 0.15) is 32.1 Å². The first kappa shape index (κ1) is 11.7. The van der Waals surface area contributed by atoms with Crippen molar-refractivity contribution in [3.63, 3.8) is 0 Å². The van der Waals surface area contributed by atoms with Gasteiger partial charge in [-0.15, -0.1) is 0 Å². The van der Waals surface area contributed by atoms with Crippen LogP contribution in [-0.4, -0.2) is 26.9 Å².